The number of carboxylic acid groups (broad SMARTS) is 1. The molecule has 0 saturated heterocycles. The van der Waals surface area contributed by atoms with Gasteiger partial charge in [-0.15, -0.1) is 11.3 Å². The van der Waals surface area contributed by atoms with Gasteiger partial charge in [0.15, 0.2) is 0 Å². The summed E-state index contributed by atoms with van der Waals surface area (Å²) >= 11 is 4.85. The quantitative estimate of drug-likeness (QED) is 0.492. The standard InChI is InChI=1S/C18H23BrO2S/c1-2-3-4-5-6-7-8-9-15-14-11-10-13(19)12-16(14)22-17(15)18(20)21/h10-12H,2-9H2,1H3,(H,20,21). The zero-order valence-electron chi connectivity index (χ0n) is 13.0. The van der Waals surface area contributed by atoms with Crippen LogP contribution in [0.1, 0.15) is 67.1 Å². The fraction of sp³-hybridized carbons (Fsp3) is 0.500. The Morgan fingerprint density at radius 2 is 1.82 bits per heavy atom. The lowest BCUT2D eigenvalue weighted by atomic mass is 10.0. The molecule has 0 spiro atoms. The number of fused-ring (bicyclic) bond motifs is 1. The highest BCUT2D eigenvalue weighted by Gasteiger charge is 2.17. The maximum atomic E-state index is 11.5. The minimum Gasteiger partial charge on any atom is -0.477 e. The first kappa shape index (κ1) is 17.5. The van der Waals surface area contributed by atoms with Gasteiger partial charge in [0.25, 0.3) is 0 Å². The Balaban J connectivity index is 2.00. The Bertz CT molecular complexity index is 633. The van der Waals surface area contributed by atoms with Crippen molar-refractivity contribution in [2.24, 2.45) is 0 Å². The number of thiophene rings is 1. The van der Waals surface area contributed by atoms with Crippen molar-refractivity contribution in [2.45, 2.75) is 58.3 Å². The predicted octanol–water partition coefficient (Wildman–Crippen LogP) is 6.66. The molecule has 120 valence electrons. The fourth-order valence-electron chi connectivity index (χ4n) is 2.80. The number of hydrogen-bond donors (Lipinski definition) is 1. The summed E-state index contributed by atoms with van der Waals surface area (Å²) < 4.78 is 2.06. The molecule has 2 aromatic rings. The smallest absolute Gasteiger partial charge is 0.346 e. The maximum Gasteiger partial charge on any atom is 0.346 e. The summed E-state index contributed by atoms with van der Waals surface area (Å²) in [6.45, 7) is 2.23. The molecule has 4 heteroatoms. The Labute approximate surface area is 144 Å². The van der Waals surface area contributed by atoms with Crippen LogP contribution in [-0.2, 0) is 6.42 Å². The van der Waals surface area contributed by atoms with E-state index in [1.165, 1.54) is 49.9 Å². The molecule has 2 nitrogen and oxygen atoms in total. The largest absolute Gasteiger partial charge is 0.477 e. The van der Waals surface area contributed by atoms with Crippen molar-refractivity contribution in [3.8, 4) is 0 Å². The van der Waals surface area contributed by atoms with E-state index in [4.69, 9.17) is 0 Å². The summed E-state index contributed by atoms with van der Waals surface area (Å²) in [6.07, 6.45) is 9.63. The van der Waals surface area contributed by atoms with E-state index in [1.54, 1.807) is 0 Å². The normalized spacial score (nSPS) is 11.2. The first-order chi connectivity index (χ1) is 10.6. The molecule has 2 rings (SSSR count). The van der Waals surface area contributed by atoms with Crippen LogP contribution in [0.4, 0.5) is 0 Å². The summed E-state index contributed by atoms with van der Waals surface area (Å²) in [7, 11) is 0. The molecule has 0 saturated carbocycles. The summed E-state index contributed by atoms with van der Waals surface area (Å²) in [6, 6.07) is 6.05. The molecule has 0 fully saturated rings. The maximum absolute atomic E-state index is 11.5. The number of halogens is 1. The van der Waals surface area contributed by atoms with Crippen LogP contribution in [0.3, 0.4) is 0 Å². The van der Waals surface area contributed by atoms with Crippen LogP contribution < -0.4 is 0 Å². The lowest BCUT2D eigenvalue weighted by Crippen LogP contribution is -1.98. The van der Waals surface area contributed by atoms with E-state index < -0.39 is 5.97 Å². The van der Waals surface area contributed by atoms with Crippen molar-refractivity contribution in [1.82, 2.24) is 0 Å². The molecule has 1 aromatic heterocycles. The second-order valence-electron chi connectivity index (χ2n) is 5.73. The number of unbranched alkanes of at least 4 members (excludes halogenated alkanes) is 6. The van der Waals surface area contributed by atoms with Gasteiger partial charge in [-0.2, -0.15) is 0 Å². The van der Waals surface area contributed by atoms with Gasteiger partial charge in [-0.3, -0.25) is 0 Å². The number of rotatable bonds is 9. The van der Waals surface area contributed by atoms with E-state index in [2.05, 4.69) is 22.9 Å². The SMILES string of the molecule is CCCCCCCCCc1c(C(=O)O)sc2cc(Br)ccc12. The lowest BCUT2D eigenvalue weighted by molar-refractivity contribution is 0.0701. The van der Waals surface area contributed by atoms with Gasteiger partial charge >= 0.3 is 5.97 Å². The van der Waals surface area contributed by atoms with E-state index in [9.17, 15) is 9.90 Å². The highest BCUT2D eigenvalue weighted by molar-refractivity contribution is 9.10. The summed E-state index contributed by atoms with van der Waals surface area (Å²) in [5.41, 5.74) is 1.02. The molecule has 0 aliphatic rings. The molecular formula is C18H23BrO2S. The third-order valence-electron chi connectivity index (χ3n) is 3.98. The van der Waals surface area contributed by atoms with Gasteiger partial charge in [-0.25, -0.2) is 4.79 Å². The molecular weight excluding hydrogens is 360 g/mol. The summed E-state index contributed by atoms with van der Waals surface area (Å²) in [4.78, 5) is 12.0. The number of carbonyl (C=O) groups is 1. The van der Waals surface area contributed by atoms with Crippen LogP contribution in [0, 0.1) is 0 Å². The third-order valence-corrected chi connectivity index (χ3v) is 5.66. The number of aromatic carboxylic acids is 1. The molecule has 0 radical (unpaired) electrons. The van der Waals surface area contributed by atoms with Crippen LogP contribution in [0.25, 0.3) is 10.1 Å². The number of hydrogen-bond acceptors (Lipinski definition) is 2. The topological polar surface area (TPSA) is 37.3 Å². The van der Waals surface area contributed by atoms with Crippen molar-refractivity contribution in [3.63, 3.8) is 0 Å². The van der Waals surface area contributed by atoms with Crippen molar-refractivity contribution < 1.29 is 9.90 Å². The van der Waals surface area contributed by atoms with E-state index in [-0.39, 0.29) is 0 Å². The van der Waals surface area contributed by atoms with Crippen molar-refractivity contribution in [3.05, 3.63) is 33.1 Å². The van der Waals surface area contributed by atoms with Gasteiger partial charge in [0, 0.05) is 9.17 Å². The first-order valence-electron chi connectivity index (χ1n) is 8.07. The molecule has 0 atom stereocenters. The fourth-order valence-corrected chi connectivity index (χ4v) is 4.45. The molecule has 22 heavy (non-hydrogen) atoms. The highest BCUT2D eigenvalue weighted by atomic mass is 79.9. The van der Waals surface area contributed by atoms with Gasteiger partial charge in [-0.05, 0) is 35.9 Å². The van der Waals surface area contributed by atoms with Crippen LogP contribution in [0.5, 0.6) is 0 Å². The third kappa shape index (κ3) is 4.56. The molecule has 0 unspecified atom stereocenters. The van der Waals surface area contributed by atoms with Crippen LogP contribution in [0.15, 0.2) is 22.7 Å². The van der Waals surface area contributed by atoms with E-state index in [1.807, 2.05) is 18.2 Å². The second-order valence-corrected chi connectivity index (χ2v) is 7.69. The van der Waals surface area contributed by atoms with E-state index >= 15 is 0 Å². The molecule has 0 aliphatic heterocycles. The first-order valence-corrected chi connectivity index (χ1v) is 9.68. The summed E-state index contributed by atoms with van der Waals surface area (Å²) in [5.74, 6) is -0.796. The highest BCUT2D eigenvalue weighted by Crippen LogP contribution is 2.34. The summed E-state index contributed by atoms with van der Waals surface area (Å²) in [5, 5.41) is 10.5. The van der Waals surface area contributed by atoms with Crippen LogP contribution >= 0.6 is 27.3 Å². The Morgan fingerprint density at radius 3 is 2.50 bits per heavy atom. The van der Waals surface area contributed by atoms with Crippen LogP contribution in [-0.4, -0.2) is 11.1 Å². The van der Waals surface area contributed by atoms with Gasteiger partial charge < -0.3 is 5.11 Å². The van der Waals surface area contributed by atoms with E-state index in [0.717, 1.165) is 33.0 Å². The average molecular weight is 383 g/mol. The minimum absolute atomic E-state index is 0.513. The van der Waals surface area contributed by atoms with E-state index in [0.29, 0.717) is 4.88 Å². The van der Waals surface area contributed by atoms with Crippen molar-refractivity contribution in [1.29, 1.82) is 0 Å². The number of carboxylic acids is 1. The zero-order chi connectivity index (χ0) is 15.9. The van der Waals surface area contributed by atoms with Gasteiger partial charge in [0.05, 0.1) is 0 Å². The van der Waals surface area contributed by atoms with Crippen molar-refractivity contribution in [2.75, 3.05) is 0 Å². The molecule has 0 bridgehead atoms. The molecule has 1 aromatic carbocycles. The predicted molar refractivity (Wildman–Crippen MR) is 98.2 cm³/mol. The molecule has 1 N–H and O–H groups in total. The molecule has 0 amide bonds. The van der Waals surface area contributed by atoms with Crippen LogP contribution in [0.2, 0.25) is 0 Å². The molecule has 1 heterocycles. The monoisotopic (exact) mass is 382 g/mol. The number of benzene rings is 1. The average Bonchev–Trinajstić information content (AvgIpc) is 2.84. The van der Waals surface area contributed by atoms with Gasteiger partial charge in [0.2, 0.25) is 0 Å². The zero-order valence-corrected chi connectivity index (χ0v) is 15.4. The Hall–Kier alpha value is -0.870. The second kappa shape index (κ2) is 8.68. The number of aryl methyl sites for hydroxylation is 1. The van der Waals surface area contributed by atoms with Crippen molar-refractivity contribution >= 4 is 43.3 Å². The Kier molecular flexibility index (Phi) is 6.90. The minimum atomic E-state index is -0.796. The lowest BCUT2D eigenvalue weighted by Gasteiger charge is -2.03. The van der Waals surface area contributed by atoms with Gasteiger partial charge in [0.1, 0.15) is 4.88 Å². The van der Waals surface area contributed by atoms with Gasteiger partial charge in [-0.1, -0.05) is 67.4 Å². The Morgan fingerprint density at radius 1 is 1.14 bits per heavy atom. The molecule has 0 aliphatic carbocycles.